The molecular formula is C21H28N4O3. The molecule has 1 aliphatic rings. The van der Waals surface area contributed by atoms with E-state index >= 15 is 0 Å². The van der Waals surface area contributed by atoms with Gasteiger partial charge in [0.05, 0.1) is 38.0 Å². The first kappa shape index (κ1) is 20.1. The second kappa shape index (κ2) is 9.01. The summed E-state index contributed by atoms with van der Waals surface area (Å²) in [5.74, 6) is -0.217. The molecule has 0 aliphatic carbocycles. The van der Waals surface area contributed by atoms with Crippen molar-refractivity contribution in [3.63, 3.8) is 0 Å². The van der Waals surface area contributed by atoms with Crippen LogP contribution in [0.4, 0.5) is 0 Å². The number of morpholine rings is 1. The summed E-state index contributed by atoms with van der Waals surface area (Å²) in [6.07, 6.45) is 0.365. The molecule has 1 saturated heterocycles. The fourth-order valence-electron chi connectivity index (χ4n) is 3.65. The summed E-state index contributed by atoms with van der Waals surface area (Å²) in [6, 6.07) is 9.99. The maximum Gasteiger partial charge on any atom is 0.242 e. The highest BCUT2D eigenvalue weighted by Gasteiger charge is 2.32. The van der Waals surface area contributed by atoms with Crippen LogP contribution >= 0.6 is 0 Å². The molecule has 7 nitrogen and oxygen atoms in total. The van der Waals surface area contributed by atoms with Gasteiger partial charge >= 0.3 is 0 Å². The van der Waals surface area contributed by atoms with E-state index in [0.717, 1.165) is 17.0 Å². The topological polar surface area (TPSA) is 76.5 Å². The van der Waals surface area contributed by atoms with Crippen molar-refractivity contribution in [2.75, 3.05) is 26.3 Å². The standard InChI is InChI=1S/C21H28N4O3/c1-4-19(26)22-12-20(27)24-10-11-28-14-18(24)21-15(2)23-25(16(21)3)13-17-8-6-5-7-9-17/h5-9,18H,4,10-14H2,1-3H3,(H,22,26)/t18-/m1/s1. The number of hydrogen-bond acceptors (Lipinski definition) is 4. The Bertz CT molecular complexity index is 832. The molecule has 0 unspecified atom stereocenters. The molecule has 0 radical (unpaired) electrons. The quantitative estimate of drug-likeness (QED) is 0.826. The van der Waals surface area contributed by atoms with Crippen LogP contribution in [-0.2, 0) is 20.9 Å². The number of aromatic nitrogens is 2. The van der Waals surface area contributed by atoms with E-state index in [9.17, 15) is 9.59 Å². The average Bonchev–Trinajstić information content (AvgIpc) is 2.99. The van der Waals surface area contributed by atoms with Gasteiger partial charge in [-0.25, -0.2) is 0 Å². The summed E-state index contributed by atoms with van der Waals surface area (Å²) in [4.78, 5) is 26.1. The molecule has 2 amide bonds. The van der Waals surface area contributed by atoms with E-state index in [1.165, 1.54) is 5.56 Å². The molecule has 2 heterocycles. The van der Waals surface area contributed by atoms with Crippen molar-refractivity contribution in [1.29, 1.82) is 0 Å². The predicted molar refractivity (Wildman–Crippen MR) is 106 cm³/mol. The van der Waals surface area contributed by atoms with Gasteiger partial charge in [0, 0.05) is 24.2 Å². The minimum absolute atomic E-state index is 0.0133. The first-order valence-corrected chi connectivity index (χ1v) is 9.73. The van der Waals surface area contributed by atoms with Gasteiger partial charge in [-0.3, -0.25) is 14.3 Å². The second-order valence-electron chi connectivity index (χ2n) is 7.04. The van der Waals surface area contributed by atoms with E-state index in [1.807, 2.05) is 41.6 Å². The van der Waals surface area contributed by atoms with Crippen LogP contribution in [0.1, 0.15) is 41.9 Å². The first-order chi connectivity index (χ1) is 13.5. The van der Waals surface area contributed by atoms with Gasteiger partial charge in [-0.15, -0.1) is 0 Å². The average molecular weight is 384 g/mol. The first-order valence-electron chi connectivity index (χ1n) is 9.73. The maximum atomic E-state index is 12.8. The van der Waals surface area contributed by atoms with Gasteiger partial charge in [0.15, 0.2) is 0 Å². The molecule has 1 atom stereocenters. The highest BCUT2D eigenvalue weighted by molar-refractivity contribution is 5.85. The molecular weight excluding hydrogens is 356 g/mol. The lowest BCUT2D eigenvalue weighted by Crippen LogP contribution is -2.47. The molecule has 1 aromatic carbocycles. The van der Waals surface area contributed by atoms with E-state index < -0.39 is 0 Å². The number of hydrogen-bond donors (Lipinski definition) is 1. The second-order valence-corrected chi connectivity index (χ2v) is 7.04. The smallest absolute Gasteiger partial charge is 0.242 e. The number of carbonyl (C=O) groups is 2. The molecule has 28 heavy (non-hydrogen) atoms. The fourth-order valence-corrected chi connectivity index (χ4v) is 3.65. The Kier molecular flexibility index (Phi) is 6.46. The zero-order valence-electron chi connectivity index (χ0n) is 16.8. The minimum Gasteiger partial charge on any atom is -0.377 e. The van der Waals surface area contributed by atoms with Crippen molar-refractivity contribution in [2.24, 2.45) is 0 Å². The Hall–Kier alpha value is -2.67. The van der Waals surface area contributed by atoms with Crippen LogP contribution in [0.25, 0.3) is 0 Å². The van der Waals surface area contributed by atoms with E-state index in [4.69, 9.17) is 9.84 Å². The summed E-state index contributed by atoms with van der Waals surface area (Å²) in [5, 5.41) is 7.39. The molecule has 1 aliphatic heterocycles. The Morgan fingerprint density at radius 2 is 2.00 bits per heavy atom. The molecule has 2 aromatic rings. The van der Waals surface area contributed by atoms with Crippen LogP contribution in [0.15, 0.2) is 30.3 Å². The maximum absolute atomic E-state index is 12.8. The van der Waals surface area contributed by atoms with E-state index in [0.29, 0.717) is 32.7 Å². The van der Waals surface area contributed by atoms with E-state index in [-0.39, 0.29) is 24.4 Å². The van der Waals surface area contributed by atoms with Crippen molar-refractivity contribution in [2.45, 2.75) is 39.8 Å². The third-order valence-electron chi connectivity index (χ3n) is 5.15. The third-order valence-corrected chi connectivity index (χ3v) is 5.15. The zero-order chi connectivity index (χ0) is 20.1. The van der Waals surface area contributed by atoms with Crippen molar-refractivity contribution >= 4 is 11.8 Å². The van der Waals surface area contributed by atoms with E-state index in [2.05, 4.69) is 17.4 Å². The summed E-state index contributed by atoms with van der Waals surface area (Å²) >= 11 is 0. The van der Waals surface area contributed by atoms with Crippen LogP contribution in [-0.4, -0.2) is 52.8 Å². The van der Waals surface area contributed by atoms with Crippen LogP contribution in [0.2, 0.25) is 0 Å². The Morgan fingerprint density at radius 3 is 2.71 bits per heavy atom. The van der Waals surface area contributed by atoms with Crippen LogP contribution in [0, 0.1) is 13.8 Å². The van der Waals surface area contributed by atoms with Crippen molar-refractivity contribution in [3.8, 4) is 0 Å². The molecule has 3 rings (SSSR count). The lowest BCUT2D eigenvalue weighted by atomic mass is 10.0. The van der Waals surface area contributed by atoms with Crippen molar-refractivity contribution in [1.82, 2.24) is 20.0 Å². The van der Waals surface area contributed by atoms with Gasteiger partial charge in [0.1, 0.15) is 0 Å². The van der Waals surface area contributed by atoms with Gasteiger partial charge < -0.3 is 15.0 Å². The largest absolute Gasteiger partial charge is 0.377 e. The molecule has 150 valence electrons. The van der Waals surface area contributed by atoms with Gasteiger partial charge in [-0.1, -0.05) is 37.3 Å². The predicted octanol–water partition coefficient (Wildman–Crippen LogP) is 1.97. The lowest BCUT2D eigenvalue weighted by molar-refractivity contribution is -0.140. The van der Waals surface area contributed by atoms with Crippen LogP contribution < -0.4 is 5.32 Å². The molecule has 7 heteroatoms. The lowest BCUT2D eigenvalue weighted by Gasteiger charge is -2.36. The number of nitrogens with zero attached hydrogens (tertiary/aromatic N) is 3. The molecule has 1 aromatic heterocycles. The number of amides is 2. The zero-order valence-corrected chi connectivity index (χ0v) is 16.8. The highest BCUT2D eigenvalue weighted by atomic mass is 16.5. The molecule has 0 bridgehead atoms. The molecule has 1 fully saturated rings. The van der Waals surface area contributed by atoms with Crippen LogP contribution in [0.3, 0.4) is 0 Å². The van der Waals surface area contributed by atoms with E-state index in [1.54, 1.807) is 6.92 Å². The number of nitrogens with one attached hydrogen (secondary N) is 1. The minimum atomic E-state index is -0.190. The molecule has 1 N–H and O–H groups in total. The van der Waals surface area contributed by atoms with Crippen molar-refractivity contribution < 1.29 is 14.3 Å². The summed E-state index contributed by atoms with van der Waals surface area (Å²) in [6.45, 7) is 7.92. The highest BCUT2D eigenvalue weighted by Crippen LogP contribution is 2.29. The number of ether oxygens (including phenoxy) is 1. The Balaban J connectivity index is 1.81. The van der Waals surface area contributed by atoms with Crippen LogP contribution in [0.5, 0.6) is 0 Å². The third kappa shape index (κ3) is 4.42. The summed E-state index contributed by atoms with van der Waals surface area (Å²) < 4.78 is 7.67. The van der Waals surface area contributed by atoms with Gasteiger partial charge in [-0.2, -0.15) is 5.10 Å². The monoisotopic (exact) mass is 384 g/mol. The Morgan fingerprint density at radius 1 is 1.25 bits per heavy atom. The van der Waals surface area contributed by atoms with Crippen molar-refractivity contribution in [3.05, 3.63) is 52.8 Å². The summed E-state index contributed by atoms with van der Waals surface area (Å²) in [7, 11) is 0. The van der Waals surface area contributed by atoms with Gasteiger partial charge in [0.2, 0.25) is 11.8 Å². The Labute approximate surface area is 165 Å². The number of benzene rings is 1. The summed E-state index contributed by atoms with van der Waals surface area (Å²) in [5.41, 5.74) is 4.15. The normalized spacial score (nSPS) is 16.8. The fraction of sp³-hybridized carbons (Fsp3) is 0.476. The molecule has 0 spiro atoms. The van der Waals surface area contributed by atoms with Gasteiger partial charge in [-0.05, 0) is 19.4 Å². The number of aryl methyl sites for hydroxylation is 1. The van der Waals surface area contributed by atoms with Gasteiger partial charge in [0.25, 0.3) is 0 Å². The SMILES string of the molecule is CCC(=O)NCC(=O)N1CCOC[C@@H]1c1c(C)nn(Cc2ccccc2)c1C. The molecule has 0 saturated carbocycles. The number of carbonyl (C=O) groups excluding carboxylic acids is 2. The number of rotatable bonds is 6.